The number of hydrogen-bond acceptors (Lipinski definition) is 4. The van der Waals surface area contributed by atoms with Crippen LogP contribution in [-0.4, -0.2) is 34.9 Å². The molecule has 30 heavy (non-hydrogen) atoms. The van der Waals surface area contributed by atoms with Crippen LogP contribution < -0.4 is 10.2 Å². The number of nitrogens with zero attached hydrogens (tertiary/aromatic N) is 3. The molecular formula is C22H21FN4O2S. The largest absolute Gasteiger partial charge is 0.347 e. The molecule has 1 saturated heterocycles. The van der Waals surface area contributed by atoms with Crippen molar-refractivity contribution in [2.24, 2.45) is 0 Å². The van der Waals surface area contributed by atoms with Crippen LogP contribution in [0.2, 0.25) is 0 Å². The third-order valence-corrected chi connectivity index (χ3v) is 6.19. The van der Waals surface area contributed by atoms with Crippen molar-refractivity contribution in [2.45, 2.75) is 20.0 Å². The van der Waals surface area contributed by atoms with Gasteiger partial charge < -0.3 is 10.2 Å². The van der Waals surface area contributed by atoms with Crippen molar-refractivity contribution < 1.29 is 14.0 Å². The normalized spacial score (nSPS) is 13.7. The minimum absolute atomic E-state index is 0.108. The number of carbonyl (C=O) groups excluding carboxylic acids is 2. The van der Waals surface area contributed by atoms with Crippen LogP contribution in [0.5, 0.6) is 0 Å². The van der Waals surface area contributed by atoms with E-state index >= 15 is 0 Å². The lowest BCUT2D eigenvalue weighted by atomic mass is 10.2. The lowest BCUT2D eigenvalue weighted by Crippen LogP contribution is -2.31. The second-order valence-electron chi connectivity index (χ2n) is 7.12. The number of rotatable bonds is 6. The van der Waals surface area contributed by atoms with Crippen LogP contribution >= 0.6 is 11.3 Å². The van der Waals surface area contributed by atoms with Gasteiger partial charge in [-0.3, -0.25) is 14.7 Å². The molecule has 154 valence electrons. The number of thiophene rings is 1. The van der Waals surface area contributed by atoms with E-state index in [0.717, 1.165) is 21.7 Å². The van der Waals surface area contributed by atoms with E-state index in [-0.39, 0.29) is 17.8 Å². The molecule has 1 aliphatic heterocycles. The molecule has 8 heteroatoms. The van der Waals surface area contributed by atoms with Gasteiger partial charge in [-0.25, -0.2) is 9.18 Å². The van der Waals surface area contributed by atoms with Gasteiger partial charge in [0.25, 0.3) is 5.91 Å². The Kier molecular flexibility index (Phi) is 5.76. The Hall–Kier alpha value is -3.26. The Labute approximate surface area is 178 Å². The Morgan fingerprint density at radius 3 is 2.73 bits per heavy atom. The van der Waals surface area contributed by atoms with Crippen LogP contribution in [0.1, 0.15) is 26.4 Å². The van der Waals surface area contributed by atoms with Gasteiger partial charge in [0.05, 0.1) is 4.88 Å². The molecule has 0 saturated carbocycles. The summed E-state index contributed by atoms with van der Waals surface area (Å²) < 4.78 is 13.1. The number of amides is 3. The fourth-order valence-electron chi connectivity index (χ4n) is 3.33. The Balaban J connectivity index is 1.41. The van der Waals surface area contributed by atoms with Crippen LogP contribution in [0, 0.1) is 12.7 Å². The average Bonchev–Trinajstić information content (AvgIpc) is 3.31. The van der Waals surface area contributed by atoms with E-state index in [4.69, 9.17) is 0 Å². The van der Waals surface area contributed by atoms with Crippen LogP contribution in [0.4, 0.5) is 14.2 Å². The predicted octanol–water partition coefficient (Wildman–Crippen LogP) is 3.96. The van der Waals surface area contributed by atoms with Gasteiger partial charge in [0.2, 0.25) is 0 Å². The minimum atomic E-state index is -0.295. The maximum absolute atomic E-state index is 13.1. The van der Waals surface area contributed by atoms with Crippen LogP contribution in [0.25, 0.3) is 0 Å². The Morgan fingerprint density at radius 1 is 1.20 bits per heavy atom. The highest BCUT2D eigenvalue weighted by Gasteiger charge is 2.31. The predicted molar refractivity (Wildman–Crippen MR) is 114 cm³/mol. The van der Waals surface area contributed by atoms with Crippen molar-refractivity contribution in [2.75, 3.05) is 18.0 Å². The number of carbonyl (C=O) groups is 2. The van der Waals surface area contributed by atoms with Gasteiger partial charge in [0.15, 0.2) is 0 Å². The highest BCUT2D eigenvalue weighted by atomic mass is 32.1. The first-order chi connectivity index (χ1) is 14.5. The number of halogens is 1. The molecule has 2 aromatic heterocycles. The van der Waals surface area contributed by atoms with Gasteiger partial charge >= 0.3 is 6.03 Å². The molecular weight excluding hydrogens is 403 g/mol. The minimum Gasteiger partial charge on any atom is -0.347 e. The molecule has 0 spiro atoms. The van der Waals surface area contributed by atoms with Gasteiger partial charge in [-0.05, 0) is 47.9 Å². The van der Waals surface area contributed by atoms with Crippen molar-refractivity contribution >= 4 is 28.3 Å². The monoisotopic (exact) mass is 424 g/mol. The third-order valence-electron chi connectivity index (χ3n) is 4.93. The summed E-state index contributed by atoms with van der Waals surface area (Å²) in [4.78, 5) is 33.5. The summed E-state index contributed by atoms with van der Waals surface area (Å²) in [6.07, 6.45) is 3.40. The highest BCUT2D eigenvalue weighted by Crippen LogP contribution is 2.32. The molecule has 3 aromatic rings. The number of hydrogen-bond donors (Lipinski definition) is 1. The summed E-state index contributed by atoms with van der Waals surface area (Å²) in [5.74, 6) is -0.459. The van der Waals surface area contributed by atoms with Crippen molar-refractivity contribution in [1.82, 2.24) is 15.2 Å². The summed E-state index contributed by atoms with van der Waals surface area (Å²) >= 11 is 1.32. The third kappa shape index (κ3) is 4.33. The van der Waals surface area contributed by atoms with E-state index in [9.17, 15) is 14.0 Å². The number of anilines is 1. The SMILES string of the molecule is Cc1cc(N2CCN(Cc3ccc(F)cc3)C2=O)sc1C(=O)NCc1cccnc1. The number of benzene rings is 1. The maximum Gasteiger partial charge on any atom is 0.325 e. The second kappa shape index (κ2) is 8.62. The standard InChI is InChI=1S/C22H21FN4O2S/c1-15-11-19(30-20(15)21(28)25-13-17-3-2-8-24-12-17)27-10-9-26(22(27)29)14-16-4-6-18(23)7-5-16/h2-8,11-12H,9-10,13-14H2,1H3,(H,25,28). The molecule has 6 nitrogen and oxygen atoms in total. The van der Waals surface area contributed by atoms with Gasteiger partial charge in [-0.1, -0.05) is 18.2 Å². The molecule has 0 aliphatic carbocycles. The Morgan fingerprint density at radius 2 is 2.00 bits per heavy atom. The molecule has 1 aliphatic rings. The summed E-state index contributed by atoms with van der Waals surface area (Å²) in [6.45, 7) is 3.83. The second-order valence-corrected chi connectivity index (χ2v) is 8.15. The summed E-state index contributed by atoms with van der Waals surface area (Å²) in [5, 5.41) is 3.66. The van der Waals surface area contributed by atoms with Crippen LogP contribution in [0.15, 0.2) is 54.9 Å². The zero-order chi connectivity index (χ0) is 21.1. The van der Waals surface area contributed by atoms with Crippen molar-refractivity contribution in [3.8, 4) is 0 Å². The summed E-state index contributed by atoms with van der Waals surface area (Å²) in [7, 11) is 0. The highest BCUT2D eigenvalue weighted by molar-refractivity contribution is 7.18. The topological polar surface area (TPSA) is 65.5 Å². The Bertz CT molecular complexity index is 1050. The van der Waals surface area contributed by atoms with Crippen molar-refractivity contribution in [3.63, 3.8) is 0 Å². The van der Waals surface area contributed by atoms with E-state index in [1.807, 2.05) is 25.1 Å². The fourth-order valence-corrected chi connectivity index (χ4v) is 4.44. The molecule has 0 atom stereocenters. The first kappa shape index (κ1) is 20.0. The number of aromatic nitrogens is 1. The average molecular weight is 425 g/mol. The molecule has 3 amide bonds. The fraction of sp³-hybridized carbons (Fsp3) is 0.227. The lowest BCUT2D eigenvalue weighted by Gasteiger charge is -2.17. The molecule has 0 radical (unpaired) electrons. The number of urea groups is 1. The van der Waals surface area contributed by atoms with Crippen molar-refractivity contribution in [1.29, 1.82) is 0 Å². The molecule has 1 aromatic carbocycles. The van der Waals surface area contributed by atoms with E-state index in [0.29, 0.717) is 31.1 Å². The summed E-state index contributed by atoms with van der Waals surface area (Å²) in [5.41, 5.74) is 2.64. The van der Waals surface area contributed by atoms with E-state index < -0.39 is 0 Å². The first-order valence-corrected chi connectivity index (χ1v) is 10.4. The smallest absolute Gasteiger partial charge is 0.325 e. The van der Waals surface area contributed by atoms with Gasteiger partial charge in [-0.15, -0.1) is 11.3 Å². The molecule has 3 heterocycles. The molecule has 1 N–H and O–H groups in total. The number of pyridine rings is 1. The quantitative estimate of drug-likeness (QED) is 0.651. The molecule has 4 rings (SSSR count). The first-order valence-electron chi connectivity index (χ1n) is 9.59. The van der Waals surface area contributed by atoms with Gasteiger partial charge in [0, 0.05) is 38.6 Å². The van der Waals surface area contributed by atoms with Gasteiger partial charge in [-0.2, -0.15) is 0 Å². The molecule has 0 bridgehead atoms. The van der Waals surface area contributed by atoms with Crippen LogP contribution in [0.3, 0.4) is 0 Å². The van der Waals surface area contributed by atoms with E-state index in [1.54, 1.807) is 34.3 Å². The maximum atomic E-state index is 13.1. The molecule has 0 unspecified atom stereocenters. The number of aryl methyl sites for hydroxylation is 1. The number of nitrogens with one attached hydrogen (secondary N) is 1. The lowest BCUT2D eigenvalue weighted by molar-refractivity contribution is 0.0954. The van der Waals surface area contributed by atoms with Crippen molar-refractivity contribution in [3.05, 3.63) is 82.2 Å². The zero-order valence-electron chi connectivity index (χ0n) is 16.5. The molecule has 1 fully saturated rings. The summed E-state index contributed by atoms with van der Waals surface area (Å²) in [6, 6.07) is 11.7. The van der Waals surface area contributed by atoms with Crippen LogP contribution in [-0.2, 0) is 13.1 Å². The van der Waals surface area contributed by atoms with E-state index in [2.05, 4.69) is 10.3 Å². The van der Waals surface area contributed by atoms with E-state index in [1.165, 1.54) is 23.5 Å². The zero-order valence-corrected chi connectivity index (χ0v) is 17.3. The van der Waals surface area contributed by atoms with Gasteiger partial charge in [0.1, 0.15) is 10.8 Å².